The van der Waals surface area contributed by atoms with Crippen LogP contribution in [0.25, 0.3) is 0 Å². The molecule has 1 saturated heterocycles. The zero-order valence-corrected chi connectivity index (χ0v) is 14.9. The molecule has 1 N–H and O–H groups in total. The lowest BCUT2D eigenvalue weighted by Gasteiger charge is -2.39. The Morgan fingerprint density at radius 2 is 1.07 bits per heavy atom. The zero-order valence-electron chi connectivity index (χ0n) is 14.9. The first kappa shape index (κ1) is 18.7. The predicted octanol–water partition coefficient (Wildman–Crippen LogP) is 3.73. The fourth-order valence-electron chi connectivity index (χ4n) is 3.60. The Balaban J connectivity index is 1.91. The minimum atomic E-state index is -0.464. The van der Waals surface area contributed by atoms with E-state index in [0.29, 0.717) is 0 Å². The van der Waals surface area contributed by atoms with Crippen LogP contribution in [0.5, 0.6) is 0 Å². The number of nitro groups is 2. The van der Waals surface area contributed by atoms with E-state index < -0.39 is 9.85 Å². The highest BCUT2D eigenvalue weighted by molar-refractivity contribution is 5.85. The van der Waals surface area contributed by atoms with Crippen molar-refractivity contribution in [2.75, 3.05) is 0 Å². The Morgan fingerprint density at radius 1 is 0.741 bits per heavy atom. The van der Waals surface area contributed by atoms with E-state index in [0.717, 1.165) is 11.1 Å². The lowest BCUT2D eigenvalue weighted by molar-refractivity contribution is -0.385. The van der Waals surface area contributed by atoms with Crippen molar-refractivity contribution in [1.82, 2.24) is 5.32 Å². The fraction of sp³-hybridized carbons (Fsp3) is 0.316. The summed E-state index contributed by atoms with van der Waals surface area (Å²) >= 11 is 0. The highest BCUT2D eigenvalue weighted by Crippen LogP contribution is 2.38. The van der Waals surface area contributed by atoms with Gasteiger partial charge in [0.05, 0.1) is 9.85 Å². The van der Waals surface area contributed by atoms with E-state index in [1.54, 1.807) is 24.3 Å². The number of nitro benzene ring substituents is 2. The Bertz CT molecular complexity index is 808. The second-order valence-electron chi connectivity index (χ2n) is 6.80. The molecule has 0 aliphatic carbocycles. The van der Waals surface area contributed by atoms with Crippen molar-refractivity contribution in [3.05, 3.63) is 79.9 Å². The van der Waals surface area contributed by atoms with Gasteiger partial charge >= 0.3 is 0 Å². The molecule has 2 aromatic rings. The van der Waals surface area contributed by atoms with Gasteiger partial charge in [-0.1, -0.05) is 38.1 Å². The Kier molecular flexibility index (Phi) is 5.00. The number of nitrogens with zero attached hydrogens (tertiary/aromatic N) is 2. The number of Topliss-reactive ketones (excluding diaryl/α,β-unsaturated/α-hetero) is 1. The van der Waals surface area contributed by atoms with Gasteiger partial charge in [-0.3, -0.25) is 25.0 Å². The molecular weight excluding hydrogens is 350 g/mol. The molecule has 0 radical (unpaired) electrons. The number of benzene rings is 2. The van der Waals surface area contributed by atoms with Gasteiger partial charge in [-0.25, -0.2) is 0 Å². The number of hydrogen-bond acceptors (Lipinski definition) is 6. The summed E-state index contributed by atoms with van der Waals surface area (Å²) in [5.41, 5.74) is 1.57. The van der Waals surface area contributed by atoms with Crippen LogP contribution in [0.3, 0.4) is 0 Å². The fourth-order valence-corrected chi connectivity index (χ4v) is 3.60. The van der Waals surface area contributed by atoms with Gasteiger partial charge in [-0.15, -0.1) is 0 Å². The largest absolute Gasteiger partial charge is 0.302 e. The van der Waals surface area contributed by atoms with E-state index in [1.807, 2.05) is 13.8 Å². The van der Waals surface area contributed by atoms with Crippen LogP contribution in [0.1, 0.15) is 37.1 Å². The van der Waals surface area contributed by atoms with Crippen LogP contribution in [0.4, 0.5) is 11.4 Å². The molecule has 27 heavy (non-hydrogen) atoms. The molecule has 8 nitrogen and oxygen atoms in total. The molecule has 0 saturated carbocycles. The minimum absolute atomic E-state index is 0.00572. The molecule has 140 valence electrons. The summed E-state index contributed by atoms with van der Waals surface area (Å²) in [6.07, 6.45) is 0. The molecule has 3 rings (SSSR count). The molecule has 1 fully saturated rings. The van der Waals surface area contributed by atoms with E-state index in [4.69, 9.17) is 0 Å². The third kappa shape index (κ3) is 3.56. The van der Waals surface area contributed by atoms with Gasteiger partial charge in [0.1, 0.15) is 5.78 Å². The standard InChI is InChI=1S/C19H19N3O5/c1-11-17(13-3-7-15(8-4-13)21(24)25)20-18(12(2)19(11)23)14-5-9-16(10-6-14)22(26)27/h3-12,17-18,20H,1-2H3/t11-,12-,17-,18-/m0/s1. The average Bonchev–Trinajstić information content (AvgIpc) is 2.66. The lowest BCUT2D eigenvalue weighted by Crippen LogP contribution is -2.46. The summed E-state index contributed by atoms with van der Waals surface area (Å²) in [5, 5.41) is 25.1. The lowest BCUT2D eigenvalue weighted by atomic mass is 9.76. The molecular formula is C19H19N3O5. The first-order valence-corrected chi connectivity index (χ1v) is 8.58. The van der Waals surface area contributed by atoms with E-state index >= 15 is 0 Å². The van der Waals surface area contributed by atoms with Crippen LogP contribution in [0.15, 0.2) is 48.5 Å². The van der Waals surface area contributed by atoms with Crippen molar-refractivity contribution >= 4 is 17.2 Å². The first-order chi connectivity index (χ1) is 12.8. The number of carbonyl (C=O) groups is 1. The maximum atomic E-state index is 12.8. The van der Waals surface area contributed by atoms with Crippen molar-refractivity contribution in [3.8, 4) is 0 Å². The number of rotatable bonds is 4. The number of ketones is 1. The van der Waals surface area contributed by atoms with E-state index in [2.05, 4.69) is 5.32 Å². The normalized spacial score (nSPS) is 25.2. The van der Waals surface area contributed by atoms with Gasteiger partial charge in [0.2, 0.25) is 0 Å². The smallest absolute Gasteiger partial charge is 0.269 e. The number of carbonyl (C=O) groups excluding carboxylic acids is 1. The zero-order chi connectivity index (χ0) is 19.7. The average molecular weight is 369 g/mol. The molecule has 1 heterocycles. The first-order valence-electron chi connectivity index (χ1n) is 8.58. The van der Waals surface area contributed by atoms with Gasteiger partial charge in [0.25, 0.3) is 11.4 Å². The summed E-state index contributed by atoms with van der Waals surface area (Å²) in [5.74, 6) is -0.507. The Hall–Kier alpha value is -3.13. The second kappa shape index (κ2) is 7.24. The molecule has 0 aromatic heterocycles. The molecule has 2 aromatic carbocycles. The summed E-state index contributed by atoms with van der Waals surface area (Å²) in [6, 6.07) is 11.7. The topological polar surface area (TPSA) is 115 Å². The molecule has 1 aliphatic rings. The van der Waals surface area contributed by atoms with E-state index in [9.17, 15) is 25.0 Å². The number of non-ortho nitro benzene ring substituents is 2. The van der Waals surface area contributed by atoms with Crippen molar-refractivity contribution in [2.24, 2.45) is 11.8 Å². The number of nitrogens with one attached hydrogen (secondary N) is 1. The third-order valence-electron chi connectivity index (χ3n) is 5.18. The molecule has 0 spiro atoms. The van der Waals surface area contributed by atoms with Crippen LogP contribution in [0.2, 0.25) is 0 Å². The van der Waals surface area contributed by atoms with Crippen LogP contribution >= 0.6 is 0 Å². The maximum absolute atomic E-state index is 12.8. The van der Waals surface area contributed by atoms with Crippen LogP contribution < -0.4 is 5.32 Å². The van der Waals surface area contributed by atoms with Gasteiger partial charge in [-0.2, -0.15) is 0 Å². The van der Waals surface area contributed by atoms with Crippen molar-refractivity contribution in [1.29, 1.82) is 0 Å². The molecule has 1 aliphatic heterocycles. The number of piperidine rings is 1. The highest BCUT2D eigenvalue weighted by atomic mass is 16.6. The Labute approximate surface area is 155 Å². The van der Waals surface area contributed by atoms with Crippen molar-refractivity contribution in [2.45, 2.75) is 25.9 Å². The van der Waals surface area contributed by atoms with Crippen LogP contribution in [-0.4, -0.2) is 15.6 Å². The maximum Gasteiger partial charge on any atom is 0.269 e. The molecule has 8 heteroatoms. The monoisotopic (exact) mass is 369 g/mol. The summed E-state index contributed by atoms with van der Waals surface area (Å²) < 4.78 is 0. The second-order valence-corrected chi connectivity index (χ2v) is 6.80. The van der Waals surface area contributed by atoms with Crippen LogP contribution in [0, 0.1) is 32.1 Å². The molecule has 0 unspecified atom stereocenters. The predicted molar refractivity (Wildman–Crippen MR) is 98.1 cm³/mol. The Morgan fingerprint density at radius 3 is 1.37 bits per heavy atom. The molecule has 4 atom stereocenters. The van der Waals surface area contributed by atoms with Crippen molar-refractivity contribution < 1.29 is 14.6 Å². The van der Waals surface area contributed by atoms with E-state index in [-0.39, 0.29) is 41.1 Å². The third-order valence-corrected chi connectivity index (χ3v) is 5.18. The van der Waals surface area contributed by atoms with Crippen molar-refractivity contribution in [3.63, 3.8) is 0 Å². The van der Waals surface area contributed by atoms with E-state index in [1.165, 1.54) is 24.3 Å². The quantitative estimate of drug-likeness (QED) is 0.648. The summed E-state index contributed by atoms with van der Waals surface area (Å²) in [6.45, 7) is 3.67. The SMILES string of the molecule is C[C@@H]1C(=O)[C@@H](C)[C@@H](c2ccc([N+](=O)[O-])cc2)N[C@@H]1c1ccc([N+](=O)[O-])cc1. The van der Waals surface area contributed by atoms with Gasteiger partial charge in [0.15, 0.2) is 0 Å². The highest BCUT2D eigenvalue weighted by Gasteiger charge is 2.40. The van der Waals surface area contributed by atoms with Gasteiger partial charge in [-0.05, 0) is 11.1 Å². The number of hydrogen-bond donors (Lipinski definition) is 1. The minimum Gasteiger partial charge on any atom is -0.302 e. The molecule has 0 bridgehead atoms. The van der Waals surface area contributed by atoms with Crippen LogP contribution in [-0.2, 0) is 4.79 Å². The summed E-state index contributed by atoms with van der Waals surface area (Å²) in [4.78, 5) is 33.6. The summed E-state index contributed by atoms with van der Waals surface area (Å²) in [7, 11) is 0. The molecule has 0 amide bonds. The van der Waals surface area contributed by atoms with Gasteiger partial charge in [0, 0.05) is 48.2 Å². The van der Waals surface area contributed by atoms with Gasteiger partial charge < -0.3 is 5.32 Å².